The number of anilines is 2. The summed E-state index contributed by atoms with van der Waals surface area (Å²) in [5.41, 5.74) is 5.26. The van der Waals surface area contributed by atoms with Gasteiger partial charge in [0.1, 0.15) is 0 Å². The Morgan fingerprint density at radius 3 is 2.35 bits per heavy atom. The van der Waals surface area contributed by atoms with Gasteiger partial charge >= 0.3 is 0 Å². The predicted molar refractivity (Wildman–Crippen MR) is 105 cm³/mol. The van der Waals surface area contributed by atoms with Gasteiger partial charge in [-0.1, -0.05) is 23.3 Å². The van der Waals surface area contributed by atoms with Crippen LogP contribution in [0.4, 0.5) is 11.4 Å². The first-order valence-electron chi connectivity index (χ1n) is 8.32. The minimum Gasteiger partial charge on any atom is -0.311 e. The lowest BCUT2D eigenvalue weighted by atomic mass is 10.0. The molecule has 0 saturated heterocycles. The molecule has 1 aliphatic rings. The molecule has 136 valence electrons. The van der Waals surface area contributed by atoms with E-state index in [-0.39, 0.29) is 10.8 Å². The average Bonchev–Trinajstić information content (AvgIpc) is 2.81. The Kier molecular flexibility index (Phi) is 4.40. The van der Waals surface area contributed by atoms with Gasteiger partial charge in [-0.2, -0.15) is 0 Å². The molecule has 0 aromatic heterocycles. The minimum absolute atomic E-state index is 0.114. The zero-order chi connectivity index (χ0) is 19.2. The Bertz CT molecular complexity index is 1050. The maximum absolute atomic E-state index is 12.9. The van der Waals surface area contributed by atoms with E-state index in [0.717, 1.165) is 22.4 Å². The third-order valence-electron chi connectivity index (χ3n) is 4.55. The van der Waals surface area contributed by atoms with Gasteiger partial charge < -0.3 is 4.90 Å². The van der Waals surface area contributed by atoms with Crippen LogP contribution in [-0.4, -0.2) is 21.4 Å². The average molecular weight is 370 g/mol. The smallest absolute Gasteiger partial charge is 0.261 e. The Hall–Kier alpha value is -2.60. The van der Waals surface area contributed by atoms with Crippen LogP contribution in [0.15, 0.2) is 46.9 Å². The molecule has 5 nitrogen and oxygen atoms in total. The number of aryl methyl sites for hydroxylation is 2. The van der Waals surface area contributed by atoms with Crippen LogP contribution in [0.25, 0.3) is 5.57 Å². The normalized spacial score (nSPS) is 13.8. The fraction of sp³-hybridized carbons (Fsp3) is 0.250. The van der Waals surface area contributed by atoms with Gasteiger partial charge in [-0.3, -0.25) is 9.52 Å². The third kappa shape index (κ3) is 3.01. The highest BCUT2D eigenvalue weighted by atomic mass is 32.2. The van der Waals surface area contributed by atoms with Crippen LogP contribution < -0.4 is 9.62 Å². The summed E-state index contributed by atoms with van der Waals surface area (Å²) in [6.07, 6.45) is 0. The number of rotatable bonds is 3. The van der Waals surface area contributed by atoms with Crippen LogP contribution in [0.3, 0.4) is 0 Å². The second-order valence-corrected chi connectivity index (χ2v) is 8.52. The first-order valence-corrected chi connectivity index (χ1v) is 9.80. The van der Waals surface area contributed by atoms with Gasteiger partial charge in [-0.05, 0) is 57.5 Å². The van der Waals surface area contributed by atoms with Crippen molar-refractivity contribution >= 4 is 32.9 Å². The minimum atomic E-state index is -3.76. The largest absolute Gasteiger partial charge is 0.311 e. The molecule has 0 bridgehead atoms. The Morgan fingerprint density at radius 2 is 1.73 bits per heavy atom. The van der Waals surface area contributed by atoms with Crippen LogP contribution in [0.1, 0.15) is 30.5 Å². The molecule has 0 fully saturated rings. The predicted octanol–water partition coefficient (Wildman–Crippen LogP) is 3.87. The molecule has 2 aromatic carbocycles. The molecule has 26 heavy (non-hydrogen) atoms. The molecule has 0 aliphatic carbocycles. The number of fused-ring (bicyclic) bond motifs is 1. The molecule has 3 rings (SSSR count). The summed E-state index contributed by atoms with van der Waals surface area (Å²) < 4.78 is 28.4. The molecule has 2 aromatic rings. The number of carbonyl (C=O) groups is 1. The van der Waals surface area contributed by atoms with Crippen LogP contribution >= 0.6 is 0 Å². The van der Waals surface area contributed by atoms with Crippen LogP contribution in [0.2, 0.25) is 0 Å². The fourth-order valence-electron chi connectivity index (χ4n) is 3.18. The van der Waals surface area contributed by atoms with Crippen molar-refractivity contribution < 1.29 is 13.2 Å². The van der Waals surface area contributed by atoms with Gasteiger partial charge in [0, 0.05) is 18.2 Å². The van der Waals surface area contributed by atoms with E-state index >= 15 is 0 Å². The molecule has 0 radical (unpaired) electrons. The van der Waals surface area contributed by atoms with Crippen molar-refractivity contribution in [3.63, 3.8) is 0 Å². The number of likely N-dealkylation sites (N-methyl/N-ethyl adjacent to an activating group) is 1. The number of hydrogen-bond acceptors (Lipinski definition) is 3. The number of nitrogens with one attached hydrogen (secondary N) is 1. The summed E-state index contributed by atoms with van der Waals surface area (Å²) in [5.74, 6) is -0.114. The molecule has 0 saturated carbocycles. The lowest BCUT2D eigenvalue weighted by molar-refractivity contribution is -0.112. The SMILES string of the molecule is CC(C)=C1C(=O)N(C)c2ccc(S(=O)(=O)Nc3ccc(C)cc3C)cc21. The lowest BCUT2D eigenvalue weighted by Crippen LogP contribution is -2.20. The van der Waals surface area contributed by atoms with Gasteiger partial charge in [0.2, 0.25) is 0 Å². The molecular weight excluding hydrogens is 348 g/mol. The Labute approximate surface area is 154 Å². The number of amides is 1. The van der Waals surface area contributed by atoms with Crippen LogP contribution in [0.5, 0.6) is 0 Å². The molecule has 1 aliphatic heterocycles. The summed E-state index contributed by atoms with van der Waals surface area (Å²) >= 11 is 0. The van der Waals surface area contributed by atoms with Gasteiger partial charge in [0.05, 0.1) is 16.3 Å². The van der Waals surface area contributed by atoms with Crippen LogP contribution in [0, 0.1) is 13.8 Å². The molecule has 0 spiro atoms. The van der Waals surface area contributed by atoms with Crippen molar-refractivity contribution in [1.29, 1.82) is 0 Å². The first kappa shape index (κ1) is 18.2. The Morgan fingerprint density at radius 1 is 1.04 bits per heavy atom. The summed E-state index contributed by atoms with van der Waals surface area (Å²) in [6.45, 7) is 7.53. The molecule has 6 heteroatoms. The van der Waals surface area contributed by atoms with E-state index in [2.05, 4.69) is 4.72 Å². The first-order chi connectivity index (χ1) is 12.1. The van der Waals surface area contributed by atoms with E-state index in [4.69, 9.17) is 0 Å². The highest BCUT2D eigenvalue weighted by Crippen LogP contribution is 2.39. The third-order valence-corrected chi connectivity index (χ3v) is 5.92. The maximum Gasteiger partial charge on any atom is 0.261 e. The van der Waals surface area contributed by atoms with E-state index < -0.39 is 10.0 Å². The van der Waals surface area contributed by atoms with Gasteiger partial charge in [-0.25, -0.2) is 8.42 Å². The van der Waals surface area contributed by atoms with Crippen molar-refractivity contribution in [2.45, 2.75) is 32.6 Å². The van der Waals surface area contributed by atoms with E-state index in [1.165, 1.54) is 6.07 Å². The molecule has 0 unspecified atom stereocenters. The number of nitrogens with zero attached hydrogens (tertiary/aromatic N) is 1. The summed E-state index contributed by atoms with van der Waals surface area (Å²) in [7, 11) is -2.06. The van der Waals surface area contributed by atoms with Crippen molar-refractivity contribution in [2.24, 2.45) is 0 Å². The van der Waals surface area contributed by atoms with Crippen LogP contribution in [-0.2, 0) is 14.8 Å². The van der Waals surface area contributed by atoms with E-state index in [9.17, 15) is 13.2 Å². The molecular formula is C20H22N2O3S. The topological polar surface area (TPSA) is 66.5 Å². The molecule has 1 heterocycles. The summed E-state index contributed by atoms with van der Waals surface area (Å²) in [6, 6.07) is 10.3. The second-order valence-electron chi connectivity index (χ2n) is 6.84. The Balaban J connectivity index is 2.06. The highest BCUT2D eigenvalue weighted by molar-refractivity contribution is 7.92. The zero-order valence-corrected chi connectivity index (χ0v) is 16.4. The summed E-state index contributed by atoms with van der Waals surface area (Å²) in [4.78, 5) is 14.1. The van der Waals surface area contributed by atoms with Crippen molar-refractivity contribution in [1.82, 2.24) is 0 Å². The van der Waals surface area contributed by atoms with E-state index in [0.29, 0.717) is 16.8 Å². The quantitative estimate of drug-likeness (QED) is 0.834. The van der Waals surface area contributed by atoms with Crippen molar-refractivity contribution in [3.8, 4) is 0 Å². The zero-order valence-electron chi connectivity index (χ0n) is 15.5. The van der Waals surface area contributed by atoms with Crippen molar-refractivity contribution in [3.05, 3.63) is 58.7 Å². The molecule has 1 amide bonds. The standard InChI is InChI=1S/C20H22N2O3S/c1-12(2)19-16-11-15(7-9-18(16)22(5)20(19)23)26(24,25)21-17-8-6-13(3)10-14(17)4/h6-11,21H,1-5H3. The molecule has 0 atom stereocenters. The number of sulfonamides is 1. The lowest BCUT2D eigenvalue weighted by Gasteiger charge is -2.13. The monoisotopic (exact) mass is 370 g/mol. The maximum atomic E-state index is 12.9. The van der Waals surface area contributed by atoms with E-state index in [1.807, 2.05) is 39.8 Å². The number of carbonyl (C=O) groups excluding carboxylic acids is 1. The van der Waals surface area contributed by atoms with Gasteiger partial charge in [0.25, 0.3) is 15.9 Å². The van der Waals surface area contributed by atoms with E-state index in [1.54, 1.807) is 30.1 Å². The molecule has 1 N–H and O–H groups in total. The number of allylic oxidation sites excluding steroid dienone is 1. The highest BCUT2D eigenvalue weighted by Gasteiger charge is 2.32. The fourth-order valence-corrected chi connectivity index (χ4v) is 4.34. The number of benzene rings is 2. The van der Waals surface area contributed by atoms with Crippen molar-refractivity contribution in [2.75, 3.05) is 16.7 Å². The van der Waals surface area contributed by atoms with Gasteiger partial charge in [0.15, 0.2) is 0 Å². The summed E-state index contributed by atoms with van der Waals surface area (Å²) in [5, 5.41) is 0. The second kappa shape index (κ2) is 6.29. The number of hydrogen-bond donors (Lipinski definition) is 1. The van der Waals surface area contributed by atoms with Gasteiger partial charge in [-0.15, -0.1) is 0 Å².